The van der Waals surface area contributed by atoms with E-state index in [4.69, 9.17) is 0 Å². The van der Waals surface area contributed by atoms with Gasteiger partial charge in [0.05, 0.1) is 5.41 Å². The maximum Gasteiger partial charge on any atom is 0.173 e. The van der Waals surface area contributed by atoms with Crippen molar-refractivity contribution in [3.8, 4) is 0 Å². The largest absolute Gasteiger partial charge is 0.293 e. The number of rotatable bonds is 1. The third-order valence-electron chi connectivity index (χ3n) is 4.57. The molecule has 18 heavy (non-hydrogen) atoms. The van der Waals surface area contributed by atoms with E-state index in [-0.39, 0.29) is 11.2 Å². The lowest BCUT2D eigenvalue weighted by atomic mass is 9.78. The normalized spacial score (nSPS) is 26.0. The summed E-state index contributed by atoms with van der Waals surface area (Å²) in [6, 6.07) is 8.31. The fraction of sp³-hybridized carbons (Fsp3) is 0.353. The molecule has 2 aliphatic carbocycles. The fourth-order valence-electron chi connectivity index (χ4n) is 3.17. The fourth-order valence-corrected chi connectivity index (χ4v) is 3.17. The van der Waals surface area contributed by atoms with Crippen LogP contribution in [0.1, 0.15) is 37.8 Å². The summed E-state index contributed by atoms with van der Waals surface area (Å²) < 4.78 is 0. The molecule has 1 aromatic carbocycles. The van der Waals surface area contributed by atoms with Crippen molar-refractivity contribution in [2.75, 3.05) is 0 Å². The topological polar surface area (TPSA) is 17.1 Å². The minimum absolute atomic E-state index is 0.275. The van der Waals surface area contributed by atoms with Gasteiger partial charge in [0.1, 0.15) is 0 Å². The van der Waals surface area contributed by atoms with E-state index in [1.807, 2.05) is 19.9 Å². The highest BCUT2D eigenvalue weighted by Gasteiger charge is 2.45. The van der Waals surface area contributed by atoms with E-state index < -0.39 is 0 Å². The lowest BCUT2D eigenvalue weighted by molar-refractivity contribution is -0.119. The van der Waals surface area contributed by atoms with Crippen molar-refractivity contribution in [3.05, 3.63) is 53.1 Å². The van der Waals surface area contributed by atoms with Crippen LogP contribution in [0.25, 0.3) is 5.57 Å². The second kappa shape index (κ2) is 3.68. The lowest BCUT2D eigenvalue weighted by Gasteiger charge is -2.23. The quantitative estimate of drug-likeness (QED) is 0.677. The second-order valence-electron chi connectivity index (χ2n) is 5.75. The van der Waals surface area contributed by atoms with E-state index in [1.165, 1.54) is 11.1 Å². The van der Waals surface area contributed by atoms with Gasteiger partial charge in [-0.3, -0.25) is 4.79 Å². The van der Waals surface area contributed by atoms with Crippen molar-refractivity contribution in [1.29, 1.82) is 0 Å². The number of hydrogen-bond donors (Lipinski definition) is 0. The van der Waals surface area contributed by atoms with Crippen molar-refractivity contribution in [2.24, 2.45) is 5.41 Å². The SMILES string of the molecule is C=C(C)[C@]1(C)CC2=C(C1=O)c1ccccc1CC2. The molecule has 0 saturated carbocycles. The average molecular weight is 238 g/mol. The molecule has 0 heterocycles. The molecule has 0 aromatic heterocycles. The van der Waals surface area contributed by atoms with Crippen LogP contribution < -0.4 is 0 Å². The maximum atomic E-state index is 12.7. The van der Waals surface area contributed by atoms with E-state index in [2.05, 4.69) is 24.8 Å². The highest BCUT2D eigenvalue weighted by atomic mass is 16.1. The predicted molar refractivity (Wildman–Crippen MR) is 74.2 cm³/mol. The number of carbonyl (C=O) groups is 1. The summed E-state index contributed by atoms with van der Waals surface area (Å²) in [5.41, 5.74) is 5.41. The van der Waals surface area contributed by atoms with Gasteiger partial charge in [-0.1, -0.05) is 42.0 Å². The predicted octanol–water partition coefficient (Wildman–Crippen LogP) is 3.94. The van der Waals surface area contributed by atoms with Crippen molar-refractivity contribution < 1.29 is 4.79 Å². The Hall–Kier alpha value is -1.63. The zero-order valence-electron chi connectivity index (χ0n) is 11.0. The van der Waals surface area contributed by atoms with Gasteiger partial charge in [0.15, 0.2) is 5.78 Å². The molecule has 0 fully saturated rings. The number of fused-ring (bicyclic) bond motifs is 2. The molecule has 0 saturated heterocycles. The Kier molecular flexibility index (Phi) is 2.34. The molecular weight excluding hydrogens is 220 g/mol. The molecule has 0 unspecified atom stereocenters. The summed E-state index contributed by atoms with van der Waals surface area (Å²) in [6.07, 6.45) is 2.96. The van der Waals surface area contributed by atoms with Gasteiger partial charge in [0.25, 0.3) is 0 Å². The molecule has 2 aliphatic rings. The number of carbonyl (C=O) groups excluding carboxylic acids is 1. The number of aryl methyl sites for hydroxylation is 1. The average Bonchev–Trinajstić information content (AvgIpc) is 2.63. The van der Waals surface area contributed by atoms with Crippen LogP contribution in [-0.4, -0.2) is 5.78 Å². The number of Topliss-reactive ketones (excluding diaryl/α,β-unsaturated/α-hetero) is 1. The van der Waals surface area contributed by atoms with Crippen LogP contribution in [0.3, 0.4) is 0 Å². The van der Waals surface area contributed by atoms with Gasteiger partial charge in [-0.05, 0) is 44.2 Å². The molecule has 92 valence electrons. The highest BCUT2D eigenvalue weighted by molar-refractivity contribution is 6.28. The Morgan fingerprint density at radius 3 is 2.72 bits per heavy atom. The zero-order chi connectivity index (χ0) is 12.9. The molecule has 1 nitrogen and oxygen atoms in total. The van der Waals surface area contributed by atoms with Crippen molar-refractivity contribution in [3.63, 3.8) is 0 Å². The smallest absolute Gasteiger partial charge is 0.173 e. The van der Waals surface area contributed by atoms with Gasteiger partial charge >= 0.3 is 0 Å². The van der Waals surface area contributed by atoms with Gasteiger partial charge in [0, 0.05) is 5.57 Å². The molecule has 0 aliphatic heterocycles. The first-order valence-electron chi connectivity index (χ1n) is 6.55. The van der Waals surface area contributed by atoms with E-state index in [1.54, 1.807) is 0 Å². The standard InChI is InChI=1S/C17H18O/c1-11(2)17(3)10-13-9-8-12-6-4-5-7-14(12)15(13)16(17)18/h4-7H,1,8-10H2,2-3H3/t17-/m0/s1. The Bertz CT molecular complexity index is 591. The van der Waals surface area contributed by atoms with Crippen LogP contribution in [0.2, 0.25) is 0 Å². The lowest BCUT2D eigenvalue weighted by Crippen LogP contribution is -2.24. The van der Waals surface area contributed by atoms with Gasteiger partial charge in [0.2, 0.25) is 0 Å². The number of allylic oxidation sites excluding steroid dienone is 3. The van der Waals surface area contributed by atoms with E-state index >= 15 is 0 Å². The minimum Gasteiger partial charge on any atom is -0.293 e. The highest BCUT2D eigenvalue weighted by Crippen LogP contribution is 2.50. The Morgan fingerprint density at radius 1 is 1.28 bits per heavy atom. The van der Waals surface area contributed by atoms with Crippen LogP contribution in [0.15, 0.2) is 42.0 Å². The van der Waals surface area contributed by atoms with E-state index in [9.17, 15) is 4.79 Å². The van der Waals surface area contributed by atoms with Crippen molar-refractivity contribution in [2.45, 2.75) is 33.1 Å². The van der Waals surface area contributed by atoms with Crippen LogP contribution in [0.4, 0.5) is 0 Å². The van der Waals surface area contributed by atoms with Gasteiger partial charge in [-0.15, -0.1) is 0 Å². The molecule has 1 heteroatoms. The number of ketones is 1. The Labute approximate surface area is 108 Å². The van der Waals surface area contributed by atoms with Crippen LogP contribution in [-0.2, 0) is 11.2 Å². The molecule has 0 radical (unpaired) electrons. The monoisotopic (exact) mass is 238 g/mol. The van der Waals surface area contributed by atoms with Crippen LogP contribution >= 0.6 is 0 Å². The molecule has 1 aromatic rings. The molecule has 0 spiro atoms. The first-order chi connectivity index (χ1) is 8.54. The molecule has 0 amide bonds. The number of benzene rings is 1. The second-order valence-corrected chi connectivity index (χ2v) is 5.75. The summed E-state index contributed by atoms with van der Waals surface area (Å²) in [4.78, 5) is 12.7. The molecule has 0 N–H and O–H groups in total. The van der Waals surface area contributed by atoms with E-state index in [0.29, 0.717) is 0 Å². The van der Waals surface area contributed by atoms with Gasteiger partial charge < -0.3 is 0 Å². The first kappa shape index (κ1) is 11.5. The molecule has 1 atom stereocenters. The summed E-state index contributed by atoms with van der Waals surface area (Å²) in [5.74, 6) is 0.275. The summed E-state index contributed by atoms with van der Waals surface area (Å²) in [7, 11) is 0. The van der Waals surface area contributed by atoms with Crippen molar-refractivity contribution >= 4 is 11.4 Å². The number of hydrogen-bond acceptors (Lipinski definition) is 1. The van der Waals surface area contributed by atoms with Crippen LogP contribution in [0, 0.1) is 5.41 Å². The Balaban J connectivity index is 2.14. The summed E-state index contributed by atoms with van der Waals surface area (Å²) in [5, 5.41) is 0. The Morgan fingerprint density at radius 2 is 2.00 bits per heavy atom. The first-order valence-corrected chi connectivity index (χ1v) is 6.55. The minimum atomic E-state index is -0.373. The third kappa shape index (κ3) is 1.37. The maximum absolute atomic E-state index is 12.7. The van der Waals surface area contributed by atoms with Gasteiger partial charge in [-0.25, -0.2) is 0 Å². The summed E-state index contributed by atoms with van der Waals surface area (Å²) >= 11 is 0. The molecule has 0 bridgehead atoms. The third-order valence-corrected chi connectivity index (χ3v) is 4.57. The van der Waals surface area contributed by atoms with Crippen LogP contribution in [0.5, 0.6) is 0 Å². The van der Waals surface area contributed by atoms with Crippen molar-refractivity contribution in [1.82, 2.24) is 0 Å². The van der Waals surface area contributed by atoms with E-state index in [0.717, 1.165) is 36.0 Å². The van der Waals surface area contributed by atoms with Gasteiger partial charge in [-0.2, -0.15) is 0 Å². The molecular formula is C17H18O. The molecule has 3 rings (SSSR count). The summed E-state index contributed by atoms with van der Waals surface area (Å²) in [6.45, 7) is 8.04. The zero-order valence-corrected chi connectivity index (χ0v) is 11.0.